The Balaban J connectivity index is 2.63. The van der Waals surface area contributed by atoms with Gasteiger partial charge >= 0.3 is 0 Å². The van der Waals surface area contributed by atoms with E-state index in [9.17, 15) is 4.39 Å². The van der Waals surface area contributed by atoms with Crippen molar-refractivity contribution < 1.29 is 9.60 Å². The van der Waals surface area contributed by atoms with E-state index in [4.69, 9.17) is 22.5 Å². The van der Waals surface area contributed by atoms with Gasteiger partial charge in [0.05, 0.1) is 11.6 Å². The summed E-state index contributed by atoms with van der Waals surface area (Å²) in [6.07, 6.45) is 0. The summed E-state index contributed by atoms with van der Waals surface area (Å²) in [6.45, 7) is 0.863. The Bertz CT molecular complexity index is 398. The molecule has 0 aliphatic heterocycles. The van der Waals surface area contributed by atoms with Gasteiger partial charge in [-0.2, -0.15) is 0 Å². The van der Waals surface area contributed by atoms with Crippen LogP contribution in [0.4, 0.5) is 4.39 Å². The summed E-state index contributed by atoms with van der Waals surface area (Å²) < 4.78 is 12.9. The van der Waals surface area contributed by atoms with E-state index in [1.54, 1.807) is 19.2 Å². The Hall–Kier alpha value is -1.33. The largest absolute Gasteiger partial charge is 0.409 e. The number of hydrogen-bond donors (Lipinski definition) is 2. The Morgan fingerprint density at radius 2 is 2.31 bits per heavy atom. The summed E-state index contributed by atoms with van der Waals surface area (Å²) in [5, 5.41) is 11.4. The maximum absolute atomic E-state index is 12.9. The highest BCUT2D eigenvalue weighted by atomic mass is 35.5. The van der Waals surface area contributed by atoms with Gasteiger partial charge in [0.1, 0.15) is 5.82 Å². The lowest BCUT2D eigenvalue weighted by molar-refractivity contribution is 0.308. The van der Waals surface area contributed by atoms with Gasteiger partial charge in [-0.05, 0) is 24.7 Å². The zero-order valence-electron chi connectivity index (χ0n) is 8.82. The van der Waals surface area contributed by atoms with E-state index in [1.165, 1.54) is 6.07 Å². The highest BCUT2D eigenvalue weighted by Crippen LogP contribution is 2.16. The standard InChI is InChI=1S/C10H13ClFN3O/c1-15(6-10(13)14-16)5-7-2-3-9(12)8(11)4-7/h2-4,16H,5-6H2,1H3,(H2,13,14). The van der Waals surface area contributed by atoms with Crippen LogP contribution in [0.2, 0.25) is 5.02 Å². The summed E-state index contributed by atoms with van der Waals surface area (Å²) in [5.74, 6) is -0.319. The molecule has 1 rings (SSSR count). The summed E-state index contributed by atoms with van der Waals surface area (Å²) >= 11 is 5.65. The second kappa shape index (κ2) is 5.67. The van der Waals surface area contributed by atoms with Gasteiger partial charge < -0.3 is 10.9 Å². The first-order chi connectivity index (χ1) is 7.52. The van der Waals surface area contributed by atoms with Crippen molar-refractivity contribution >= 4 is 17.4 Å². The minimum Gasteiger partial charge on any atom is -0.409 e. The molecule has 0 saturated carbocycles. The fraction of sp³-hybridized carbons (Fsp3) is 0.300. The predicted molar refractivity (Wildman–Crippen MR) is 61.2 cm³/mol. The maximum atomic E-state index is 12.9. The van der Waals surface area contributed by atoms with Gasteiger partial charge in [0.2, 0.25) is 0 Å². The first-order valence-electron chi connectivity index (χ1n) is 4.62. The maximum Gasteiger partial charge on any atom is 0.153 e. The van der Waals surface area contributed by atoms with Gasteiger partial charge in [0.15, 0.2) is 5.84 Å². The number of oxime groups is 1. The fourth-order valence-electron chi connectivity index (χ4n) is 1.31. The normalized spacial score (nSPS) is 12.1. The lowest BCUT2D eigenvalue weighted by Crippen LogP contribution is -2.30. The molecule has 0 spiro atoms. The molecule has 1 aromatic rings. The Labute approximate surface area is 98.1 Å². The van der Waals surface area contributed by atoms with E-state index in [2.05, 4.69) is 5.16 Å². The van der Waals surface area contributed by atoms with E-state index in [-0.39, 0.29) is 10.9 Å². The van der Waals surface area contributed by atoms with Crippen LogP contribution in [0, 0.1) is 5.82 Å². The zero-order chi connectivity index (χ0) is 12.1. The number of rotatable bonds is 4. The van der Waals surface area contributed by atoms with Crippen LogP contribution in [-0.2, 0) is 6.54 Å². The van der Waals surface area contributed by atoms with Gasteiger partial charge in [0, 0.05) is 6.54 Å². The summed E-state index contributed by atoms with van der Waals surface area (Å²) in [5.41, 5.74) is 6.21. The minimum atomic E-state index is -0.440. The van der Waals surface area contributed by atoms with E-state index in [0.717, 1.165) is 5.56 Å². The van der Waals surface area contributed by atoms with Crippen molar-refractivity contribution in [3.63, 3.8) is 0 Å². The number of amidine groups is 1. The monoisotopic (exact) mass is 245 g/mol. The second-order valence-corrected chi connectivity index (χ2v) is 3.92. The number of likely N-dealkylation sites (N-methyl/N-ethyl adjacent to an activating group) is 1. The minimum absolute atomic E-state index is 0.0923. The molecule has 3 N–H and O–H groups in total. The Morgan fingerprint density at radius 1 is 1.62 bits per heavy atom. The Morgan fingerprint density at radius 3 is 2.88 bits per heavy atom. The molecule has 4 nitrogen and oxygen atoms in total. The lowest BCUT2D eigenvalue weighted by atomic mass is 10.2. The van der Waals surface area contributed by atoms with Crippen LogP contribution in [-0.4, -0.2) is 29.5 Å². The quantitative estimate of drug-likeness (QED) is 0.367. The molecule has 0 saturated heterocycles. The van der Waals surface area contributed by atoms with Crippen molar-refractivity contribution in [1.29, 1.82) is 0 Å². The van der Waals surface area contributed by atoms with Gasteiger partial charge in [0.25, 0.3) is 0 Å². The van der Waals surface area contributed by atoms with Crippen LogP contribution < -0.4 is 5.73 Å². The van der Waals surface area contributed by atoms with Crippen molar-refractivity contribution in [2.75, 3.05) is 13.6 Å². The summed E-state index contributed by atoms with van der Waals surface area (Å²) in [7, 11) is 1.80. The molecule has 88 valence electrons. The molecular formula is C10H13ClFN3O. The van der Waals surface area contributed by atoms with Gasteiger partial charge in [-0.25, -0.2) is 4.39 Å². The number of benzene rings is 1. The van der Waals surface area contributed by atoms with Crippen LogP contribution in [0.15, 0.2) is 23.4 Å². The van der Waals surface area contributed by atoms with Gasteiger partial charge in [-0.1, -0.05) is 22.8 Å². The number of nitrogens with two attached hydrogens (primary N) is 1. The van der Waals surface area contributed by atoms with Crippen molar-refractivity contribution in [1.82, 2.24) is 4.90 Å². The fourth-order valence-corrected chi connectivity index (χ4v) is 1.52. The third-order valence-corrected chi connectivity index (χ3v) is 2.29. The van der Waals surface area contributed by atoms with E-state index >= 15 is 0 Å². The molecule has 0 unspecified atom stereocenters. The number of halogens is 2. The molecule has 0 aliphatic rings. The number of hydrogen-bond acceptors (Lipinski definition) is 3. The average Bonchev–Trinajstić information content (AvgIpc) is 2.23. The Kier molecular flexibility index (Phi) is 4.52. The molecule has 1 aromatic carbocycles. The summed E-state index contributed by atoms with van der Waals surface area (Å²) in [6, 6.07) is 4.51. The van der Waals surface area contributed by atoms with E-state index in [0.29, 0.717) is 13.1 Å². The lowest BCUT2D eigenvalue weighted by Gasteiger charge is -2.15. The molecule has 16 heavy (non-hydrogen) atoms. The summed E-state index contributed by atoms with van der Waals surface area (Å²) in [4.78, 5) is 1.82. The third-order valence-electron chi connectivity index (χ3n) is 2.00. The molecule has 0 fully saturated rings. The SMILES string of the molecule is CN(C/C(N)=N/O)Cc1ccc(F)c(Cl)c1. The van der Waals surface area contributed by atoms with Gasteiger partial charge in [-0.3, -0.25) is 4.90 Å². The first-order valence-corrected chi connectivity index (χ1v) is 4.99. The predicted octanol–water partition coefficient (Wildman–Crippen LogP) is 1.66. The van der Waals surface area contributed by atoms with Crippen LogP contribution in [0.3, 0.4) is 0 Å². The highest BCUT2D eigenvalue weighted by molar-refractivity contribution is 6.30. The van der Waals surface area contributed by atoms with Crippen LogP contribution >= 0.6 is 11.6 Å². The van der Waals surface area contributed by atoms with Crippen molar-refractivity contribution in [3.8, 4) is 0 Å². The average molecular weight is 246 g/mol. The van der Waals surface area contributed by atoms with Crippen LogP contribution in [0.25, 0.3) is 0 Å². The van der Waals surface area contributed by atoms with E-state index < -0.39 is 5.82 Å². The topological polar surface area (TPSA) is 61.8 Å². The molecule has 0 bridgehead atoms. The first kappa shape index (κ1) is 12.7. The van der Waals surface area contributed by atoms with Crippen molar-refractivity contribution in [2.45, 2.75) is 6.54 Å². The molecule has 0 radical (unpaired) electrons. The molecule has 0 amide bonds. The molecule has 0 atom stereocenters. The molecule has 0 aliphatic carbocycles. The molecule has 0 heterocycles. The molecule has 6 heteroatoms. The van der Waals surface area contributed by atoms with Crippen LogP contribution in [0.1, 0.15) is 5.56 Å². The van der Waals surface area contributed by atoms with Crippen LogP contribution in [0.5, 0.6) is 0 Å². The number of nitrogens with zero attached hydrogens (tertiary/aromatic N) is 2. The van der Waals surface area contributed by atoms with Crippen molar-refractivity contribution in [2.24, 2.45) is 10.9 Å². The second-order valence-electron chi connectivity index (χ2n) is 3.51. The molecule has 0 aromatic heterocycles. The van der Waals surface area contributed by atoms with Crippen molar-refractivity contribution in [3.05, 3.63) is 34.6 Å². The smallest absolute Gasteiger partial charge is 0.153 e. The zero-order valence-corrected chi connectivity index (χ0v) is 9.58. The van der Waals surface area contributed by atoms with Gasteiger partial charge in [-0.15, -0.1) is 0 Å². The molecular weight excluding hydrogens is 233 g/mol. The highest BCUT2D eigenvalue weighted by Gasteiger charge is 2.05. The van der Waals surface area contributed by atoms with E-state index in [1.807, 2.05) is 4.90 Å². The third kappa shape index (κ3) is 3.67.